The zero-order chi connectivity index (χ0) is 11.8. The lowest BCUT2D eigenvalue weighted by Crippen LogP contribution is -2.15. The highest BCUT2D eigenvalue weighted by Gasteiger charge is 2.17. The third kappa shape index (κ3) is 1.75. The van der Waals surface area contributed by atoms with E-state index in [0.717, 1.165) is 29.4 Å². The van der Waals surface area contributed by atoms with Gasteiger partial charge >= 0.3 is 0 Å². The average Bonchev–Trinajstić information content (AvgIpc) is 2.35. The van der Waals surface area contributed by atoms with Gasteiger partial charge < -0.3 is 5.43 Å². The summed E-state index contributed by atoms with van der Waals surface area (Å²) >= 11 is 6.01. The molecular weight excluding hydrogens is 234 g/mol. The molecule has 0 radical (unpaired) electrons. The van der Waals surface area contributed by atoms with Gasteiger partial charge in [0, 0.05) is 16.1 Å². The number of nitrogens with one attached hydrogen (secondary N) is 1. The standard InChI is InChI=1S/C13H14ClN3/c14-8-5-6-10-12(7-8)16-11-4-2-1-3-9(11)13(10)17-15/h5-7H,1-4,15H2,(H,16,17). The minimum absolute atomic E-state index is 0.712. The van der Waals surface area contributed by atoms with Crippen molar-refractivity contribution >= 4 is 28.2 Å². The first kappa shape index (κ1) is 10.8. The molecule has 0 bridgehead atoms. The first-order chi connectivity index (χ1) is 8.29. The van der Waals surface area contributed by atoms with E-state index >= 15 is 0 Å². The second-order valence-corrected chi connectivity index (χ2v) is 4.86. The van der Waals surface area contributed by atoms with Gasteiger partial charge in [0.15, 0.2) is 0 Å². The number of hydrazine groups is 1. The van der Waals surface area contributed by atoms with E-state index in [1.807, 2.05) is 18.2 Å². The van der Waals surface area contributed by atoms with Crippen molar-refractivity contribution in [3.63, 3.8) is 0 Å². The Morgan fingerprint density at radius 1 is 1.24 bits per heavy atom. The van der Waals surface area contributed by atoms with E-state index in [1.165, 1.54) is 24.1 Å². The number of benzene rings is 1. The van der Waals surface area contributed by atoms with Crippen LogP contribution in [0, 0.1) is 0 Å². The lowest BCUT2D eigenvalue weighted by molar-refractivity contribution is 0.672. The zero-order valence-electron chi connectivity index (χ0n) is 9.46. The number of aromatic nitrogens is 1. The number of halogens is 1. The van der Waals surface area contributed by atoms with Gasteiger partial charge in [-0.1, -0.05) is 11.6 Å². The summed E-state index contributed by atoms with van der Waals surface area (Å²) < 4.78 is 0. The van der Waals surface area contributed by atoms with E-state index in [1.54, 1.807) is 0 Å². The SMILES string of the molecule is NNc1c2c(nc3cc(Cl)ccc13)CCCC2. The molecule has 1 heterocycles. The number of nitrogen functional groups attached to an aromatic ring is 1. The Kier molecular flexibility index (Phi) is 2.65. The van der Waals surface area contributed by atoms with Crippen LogP contribution in [-0.4, -0.2) is 4.98 Å². The highest BCUT2D eigenvalue weighted by atomic mass is 35.5. The highest BCUT2D eigenvalue weighted by Crippen LogP contribution is 2.33. The van der Waals surface area contributed by atoms with Crippen LogP contribution in [0.3, 0.4) is 0 Å². The number of nitrogens with two attached hydrogens (primary N) is 1. The molecule has 0 atom stereocenters. The Hall–Kier alpha value is -1.32. The van der Waals surface area contributed by atoms with Crippen molar-refractivity contribution in [3.8, 4) is 0 Å². The fraction of sp³-hybridized carbons (Fsp3) is 0.308. The second kappa shape index (κ2) is 4.17. The molecule has 3 nitrogen and oxygen atoms in total. The largest absolute Gasteiger partial charge is 0.323 e. The van der Waals surface area contributed by atoms with Crippen molar-refractivity contribution < 1.29 is 0 Å². The Morgan fingerprint density at radius 3 is 2.88 bits per heavy atom. The summed E-state index contributed by atoms with van der Waals surface area (Å²) in [5, 5.41) is 1.77. The van der Waals surface area contributed by atoms with Crippen LogP contribution in [0.15, 0.2) is 18.2 Å². The van der Waals surface area contributed by atoms with Gasteiger partial charge in [-0.2, -0.15) is 0 Å². The maximum Gasteiger partial charge on any atom is 0.0741 e. The molecule has 3 rings (SSSR count). The minimum Gasteiger partial charge on any atom is -0.323 e. The van der Waals surface area contributed by atoms with Crippen molar-refractivity contribution in [2.24, 2.45) is 5.84 Å². The fourth-order valence-electron chi connectivity index (χ4n) is 2.56. The zero-order valence-corrected chi connectivity index (χ0v) is 10.2. The van der Waals surface area contributed by atoms with Gasteiger partial charge in [0.25, 0.3) is 0 Å². The molecule has 3 N–H and O–H groups in total. The molecule has 88 valence electrons. The molecule has 1 aliphatic rings. The molecule has 0 saturated carbocycles. The van der Waals surface area contributed by atoms with Gasteiger partial charge in [-0.15, -0.1) is 0 Å². The van der Waals surface area contributed by atoms with Crippen LogP contribution < -0.4 is 11.3 Å². The number of pyridine rings is 1. The maximum atomic E-state index is 6.01. The van der Waals surface area contributed by atoms with Crippen LogP contribution in [0.25, 0.3) is 10.9 Å². The van der Waals surface area contributed by atoms with Crippen molar-refractivity contribution in [1.82, 2.24) is 4.98 Å². The third-order valence-corrected chi connectivity index (χ3v) is 3.60. The number of anilines is 1. The first-order valence-electron chi connectivity index (χ1n) is 5.87. The minimum atomic E-state index is 0.712. The molecule has 0 saturated heterocycles. The topological polar surface area (TPSA) is 50.9 Å². The molecule has 1 aromatic carbocycles. The molecule has 0 aliphatic heterocycles. The second-order valence-electron chi connectivity index (χ2n) is 4.42. The van der Waals surface area contributed by atoms with Crippen LogP contribution in [0.5, 0.6) is 0 Å². The molecule has 0 fully saturated rings. The normalized spacial score (nSPS) is 14.7. The van der Waals surface area contributed by atoms with E-state index in [4.69, 9.17) is 22.4 Å². The molecule has 1 aliphatic carbocycles. The molecule has 0 spiro atoms. The van der Waals surface area contributed by atoms with E-state index < -0.39 is 0 Å². The monoisotopic (exact) mass is 247 g/mol. The average molecular weight is 248 g/mol. The van der Waals surface area contributed by atoms with Gasteiger partial charge in [-0.25, -0.2) is 0 Å². The Bertz CT molecular complexity index is 580. The van der Waals surface area contributed by atoms with Crippen LogP contribution in [-0.2, 0) is 12.8 Å². The van der Waals surface area contributed by atoms with Crippen molar-refractivity contribution in [3.05, 3.63) is 34.5 Å². The summed E-state index contributed by atoms with van der Waals surface area (Å²) in [7, 11) is 0. The van der Waals surface area contributed by atoms with Crippen molar-refractivity contribution in [2.75, 3.05) is 5.43 Å². The number of fused-ring (bicyclic) bond motifs is 2. The smallest absolute Gasteiger partial charge is 0.0741 e. The number of nitrogens with zero attached hydrogens (tertiary/aromatic N) is 1. The summed E-state index contributed by atoms with van der Waals surface area (Å²) in [6, 6.07) is 5.75. The number of rotatable bonds is 1. The van der Waals surface area contributed by atoms with Gasteiger partial charge in [-0.05, 0) is 49.4 Å². The molecule has 4 heteroatoms. The van der Waals surface area contributed by atoms with Crippen LogP contribution in [0.2, 0.25) is 5.02 Å². The summed E-state index contributed by atoms with van der Waals surface area (Å²) in [4.78, 5) is 4.71. The Balaban J connectivity index is 2.34. The Morgan fingerprint density at radius 2 is 2.06 bits per heavy atom. The molecule has 2 aromatic rings. The molecular formula is C13H14ClN3. The maximum absolute atomic E-state index is 6.01. The van der Waals surface area contributed by atoms with E-state index in [-0.39, 0.29) is 0 Å². The predicted octanol–water partition coefficient (Wildman–Crippen LogP) is 3.05. The van der Waals surface area contributed by atoms with Gasteiger partial charge in [-0.3, -0.25) is 10.8 Å². The summed E-state index contributed by atoms with van der Waals surface area (Å²) in [6.07, 6.45) is 4.51. The molecule has 0 unspecified atom stereocenters. The van der Waals surface area contributed by atoms with E-state index in [0.29, 0.717) is 5.02 Å². The number of hydrogen-bond donors (Lipinski definition) is 2. The van der Waals surface area contributed by atoms with Crippen LogP contribution >= 0.6 is 11.6 Å². The molecule has 1 aromatic heterocycles. The summed E-state index contributed by atoms with van der Waals surface area (Å²) in [5.74, 6) is 5.67. The van der Waals surface area contributed by atoms with Crippen LogP contribution in [0.1, 0.15) is 24.1 Å². The Labute approximate surface area is 105 Å². The molecule has 17 heavy (non-hydrogen) atoms. The van der Waals surface area contributed by atoms with Crippen LogP contribution in [0.4, 0.5) is 5.69 Å². The lowest BCUT2D eigenvalue weighted by atomic mass is 9.93. The lowest BCUT2D eigenvalue weighted by Gasteiger charge is -2.20. The summed E-state index contributed by atoms with van der Waals surface area (Å²) in [6.45, 7) is 0. The number of aryl methyl sites for hydroxylation is 1. The number of hydrogen-bond acceptors (Lipinski definition) is 3. The first-order valence-corrected chi connectivity index (χ1v) is 6.25. The highest BCUT2D eigenvalue weighted by molar-refractivity contribution is 6.31. The van der Waals surface area contributed by atoms with Gasteiger partial charge in [0.2, 0.25) is 0 Å². The van der Waals surface area contributed by atoms with Crippen molar-refractivity contribution in [2.45, 2.75) is 25.7 Å². The summed E-state index contributed by atoms with van der Waals surface area (Å²) in [5.41, 5.74) is 7.21. The van der Waals surface area contributed by atoms with Gasteiger partial charge in [0.05, 0.1) is 11.2 Å². The predicted molar refractivity (Wildman–Crippen MR) is 71.2 cm³/mol. The fourth-order valence-corrected chi connectivity index (χ4v) is 2.73. The third-order valence-electron chi connectivity index (χ3n) is 3.37. The molecule has 0 amide bonds. The van der Waals surface area contributed by atoms with E-state index in [9.17, 15) is 0 Å². The van der Waals surface area contributed by atoms with Gasteiger partial charge in [0.1, 0.15) is 0 Å². The van der Waals surface area contributed by atoms with Crippen molar-refractivity contribution in [1.29, 1.82) is 0 Å². The quantitative estimate of drug-likeness (QED) is 0.602. The van der Waals surface area contributed by atoms with E-state index in [2.05, 4.69) is 5.43 Å².